The van der Waals surface area contributed by atoms with Crippen molar-refractivity contribution in [2.45, 2.75) is 573 Å². The summed E-state index contributed by atoms with van der Waals surface area (Å²) in [6.07, 6.45) is 75.5. The molecule has 0 aromatic rings. The van der Waals surface area contributed by atoms with Gasteiger partial charge >= 0.3 is 81.2 Å². The normalized spacial score (nSPS) is 21.6. The van der Waals surface area contributed by atoms with Gasteiger partial charge in [0.2, 0.25) is 29.5 Å². The minimum atomic E-state index is -1.02. The number of carbonyl (C=O) groups excluding carboxylic acids is 8. The monoisotopic (exact) mass is 2070 g/mol. The Bertz CT molecular complexity index is 3180. The summed E-state index contributed by atoms with van der Waals surface area (Å²) in [4.78, 5) is 139. The Morgan fingerprint density at radius 2 is 0.569 bits per heavy atom. The van der Waals surface area contributed by atoms with Crippen molar-refractivity contribution < 1.29 is 165 Å². The predicted molar refractivity (Wildman–Crippen MR) is 569 cm³/mol. The second-order valence-corrected chi connectivity index (χ2v) is 42.7. The van der Waals surface area contributed by atoms with E-state index in [1.54, 1.807) is 23.8 Å². The molecule has 0 aromatic carbocycles. The fourth-order valence-corrected chi connectivity index (χ4v) is 20.7. The molecule has 17 atom stereocenters. The van der Waals surface area contributed by atoms with Crippen LogP contribution in [0.4, 0.5) is 0 Å². The third kappa shape index (κ3) is 63.2. The van der Waals surface area contributed by atoms with Gasteiger partial charge in [-0.05, 0) is 39.0 Å². The molecule has 0 aliphatic carbocycles. The summed E-state index contributed by atoms with van der Waals surface area (Å²) in [5.41, 5.74) is 0. The Morgan fingerprint density at radius 1 is 0.326 bits per heavy atom. The molecule has 0 radical (unpaired) electrons. The van der Waals surface area contributed by atoms with Crippen molar-refractivity contribution in [1.82, 2.24) is 29.8 Å². The summed E-state index contributed by atoms with van der Waals surface area (Å²) in [7, 11) is 3.98. The molecule has 7 saturated heterocycles. The predicted octanol–water partition coefficient (Wildman–Crippen LogP) is 18.8. The number of amides is 5. The maximum atomic E-state index is 12.8. The number of Topliss-reactive ketones (excluding diaryl/α,β-unsaturated/α-hetero) is 1. The molecule has 2 bridgehead atoms. The number of fused-ring (bicyclic) bond motifs is 2. The van der Waals surface area contributed by atoms with E-state index in [0.29, 0.717) is 38.9 Å². The van der Waals surface area contributed by atoms with Gasteiger partial charge in [0.1, 0.15) is 36.3 Å². The van der Waals surface area contributed by atoms with E-state index in [1.807, 2.05) is 34.6 Å². The maximum absolute atomic E-state index is 12.8. The molecule has 0 aromatic heterocycles. The average molecular weight is 2080 g/mol. The average Bonchev–Trinajstić information content (AvgIpc) is 1.63. The zero-order chi connectivity index (χ0) is 106. The Balaban J connectivity index is 0. The van der Waals surface area contributed by atoms with Gasteiger partial charge in [0.05, 0.1) is 50.2 Å². The maximum Gasteiger partial charge on any atom is 1.00 e. The third-order valence-electron chi connectivity index (χ3n) is 29.9. The van der Waals surface area contributed by atoms with E-state index in [2.05, 4.69) is 39.9 Å². The van der Waals surface area contributed by atoms with Crippen LogP contribution in [0.1, 0.15) is 500 Å². The van der Waals surface area contributed by atoms with E-state index >= 15 is 0 Å². The SMILES string of the molecule is CCCCCCCCCCCCCC(C)C(=O)N1CC2CC1C(=O)O2.CCCCCCCCCCCCCC(C)C(=O)N1C[C@@H](O)C[C@H]1C(=O)O.CCCCCCCCCCCCCC(C)C(=O)N1C[C@@H](O)C[C@H]1C(=O)OC.CCCCCCCCCCCCCC(C)C(=O)N1C[C@@H](OC)C[C@H]1C(C)=O.CCCCCCCCCCCCCC(C)C(=O)N1C[C@H](O)C[C@H]1C(=O)O.CO.O=C(O)[C@@H]1C[C@H](O)CN1.[K+].[OH-]. The molecule has 144 heavy (non-hydrogen) atoms. The number of hydrogen-bond acceptors (Lipinski definition) is 21. The Hall–Kier alpha value is -4.31. The number of aliphatic hydroxyl groups excluding tert-OH is 5. The van der Waals surface area contributed by atoms with Gasteiger partial charge in [0, 0.05) is 115 Å². The van der Waals surface area contributed by atoms with Crippen LogP contribution in [0.25, 0.3) is 0 Å². The standard InChI is InChI=1S/C23H43NO3.C22H41NO4.2C21H39NO4.C21H37NO3.C5H9NO3.CH4O.K.H2O/c1-5-6-7-8-9-10-11-12-13-14-15-16-19(2)23(26)24-18-21(27-4)17-22(24)20(3)25;1-4-5-6-7-8-9-10-11-12-13-14-15-18(2)21(25)23-17-19(24)16-20(23)22(26)27-3;2*1-3-4-5-6-7-8-9-10-11-12-13-14-17(2)20(24)22-16-18(23)15-19(22)21(25)26;1-3-4-5-6-7-8-9-10-11-12-13-14-17(2)20(23)22-16-18-15-19(22)21(24)25-18;7-3-1-4(5(8)9)6-2-3;1-2;;/h19,21-22H,5-18H2,1-4H3;18-20,24H,4-17H2,1-3H3;2*17-19,23H,3-16H2,1-2H3,(H,25,26);17-19H,3-16H2,1-2H3;3-4,6-7H,1-2H2,(H,8,9);2H,1H3;;1H2/q;;;;;;;+1;/p-1/t19?,21-,22-;18?,19-,20-;17?,18-,19+;17?,18-,19-;;3-,4-;;;/m0010.0.../s1. The zero-order valence-corrected chi connectivity index (χ0v) is 96.8. The summed E-state index contributed by atoms with van der Waals surface area (Å²) in [5, 5.41) is 74.4. The number of carboxylic acid groups (broad SMARTS) is 3. The number of likely N-dealkylation sites (tertiary alicyclic amines) is 5. The molecule has 7 unspecified atom stereocenters. The van der Waals surface area contributed by atoms with Crippen molar-refractivity contribution >= 4 is 65.2 Å². The van der Waals surface area contributed by atoms with Crippen molar-refractivity contribution in [2.24, 2.45) is 29.6 Å². The summed E-state index contributed by atoms with van der Waals surface area (Å²) in [5.74, 6) is -3.89. The minimum absolute atomic E-state index is 0. The number of hydrogen-bond donors (Lipinski definition) is 9. The summed E-state index contributed by atoms with van der Waals surface area (Å²) in [6.45, 7) is 24.6. The number of ketones is 1. The molecule has 30 heteroatoms. The molecule has 838 valence electrons. The number of aliphatic carboxylic acids is 3. The van der Waals surface area contributed by atoms with E-state index in [1.165, 1.54) is 324 Å². The topological polar surface area (TPSA) is 436 Å². The van der Waals surface area contributed by atoms with Crippen LogP contribution in [0.2, 0.25) is 0 Å². The summed E-state index contributed by atoms with van der Waals surface area (Å²) >= 11 is 0. The van der Waals surface area contributed by atoms with E-state index in [-0.39, 0.29) is 191 Å². The van der Waals surface area contributed by atoms with E-state index in [9.17, 15) is 78.3 Å². The molecule has 7 heterocycles. The van der Waals surface area contributed by atoms with Gasteiger partial charge in [-0.3, -0.25) is 33.6 Å². The summed E-state index contributed by atoms with van der Waals surface area (Å²) in [6, 6.07) is -3.48. The van der Waals surface area contributed by atoms with Crippen LogP contribution in [0.3, 0.4) is 0 Å². The first-order valence-corrected chi connectivity index (χ1v) is 57.7. The number of carbonyl (C=O) groups is 11. The smallest absolute Gasteiger partial charge is 0.870 e. The van der Waals surface area contributed by atoms with Crippen molar-refractivity contribution in [3.8, 4) is 0 Å². The number of morpholine rings is 1. The number of aliphatic hydroxyl groups is 5. The van der Waals surface area contributed by atoms with Crippen LogP contribution in [-0.2, 0) is 67.0 Å². The van der Waals surface area contributed by atoms with Gasteiger partial charge in [0.25, 0.3) is 0 Å². The number of methoxy groups -OCH3 is 2. The second-order valence-electron chi connectivity index (χ2n) is 42.7. The van der Waals surface area contributed by atoms with Gasteiger partial charge in [0.15, 0.2) is 5.78 Å². The molecule has 7 fully saturated rings. The number of nitrogens with zero attached hydrogens (tertiary/aromatic N) is 5. The Labute approximate surface area is 915 Å². The molecule has 0 spiro atoms. The van der Waals surface area contributed by atoms with Crippen LogP contribution in [-0.4, -0.2) is 269 Å². The van der Waals surface area contributed by atoms with E-state index in [4.69, 9.17) is 29.5 Å². The number of rotatable bonds is 71. The molecule has 0 saturated carbocycles. The molecular weight excluding hydrogens is 1860 g/mol. The van der Waals surface area contributed by atoms with Gasteiger partial charge in [-0.1, -0.05) is 422 Å². The van der Waals surface area contributed by atoms with Crippen LogP contribution in [0, 0.1) is 29.6 Å². The minimum Gasteiger partial charge on any atom is -0.870 e. The van der Waals surface area contributed by atoms with Gasteiger partial charge < -0.3 is 90.4 Å². The van der Waals surface area contributed by atoms with Gasteiger partial charge in [-0.15, -0.1) is 0 Å². The number of carboxylic acids is 3. The number of unbranched alkanes of at least 4 members (excludes halogenated alkanes) is 50. The van der Waals surface area contributed by atoms with Crippen LogP contribution >= 0.6 is 0 Å². The quantitative estimate of drug-likeness (QED) is 0.0155. The van der Waals surface area contributed by atoms with Gasteiger partial charge in [-0.2, -0.15) is 0 Å². The molecule has 10 N–H and O–H groups in total. The third-order valence-corrected chi connectivity index (χ3v) is 29.9. The van der Waals surface area contributed by atoms with Crippen molar-refractivity contribution in [3.05, 3.63) is 0 Å². The van der Waals surface area contributed by atoms with Crippen molar-refractivity contribution in [3.63, 3.8) is 0 Å². The first-order chi connectivity index (χ1) is 68.3. The summed E-state index contributed by atoms with van der Waals surface area (Å²) < 4.78 is 15.3. The number of ether oxygens (including phenoxy) is 3. The first-order valence-electron chi connectivity index (χ1n) is 57.7. The number of nitrogens with one attached hydrogen (secondary N) is 1. The molecule has 7 aliphatic rings. The number of esters is 2. The fraction of sp³-hybridized carbons (Fsp3) is 0.904. The molecule has 7 rings (SSSR count). The Morgan fingerprint density at radius 3 is 0.778 bits per heavy atom. The van der Waals surface area contributed by atoms with E-state index < -0.39 is 72.5 Å². The van der Waals surface area contributed by atoms with Crippen LogP contribution < -0.4 is 56.7 Å². The van der Waals surface area contributed by atoms with Crippen LogP contribution in [0.5, 0.6) is 0 Å². The Kier molecular flexibility index (Phi) is 88.8. The molecule has 5 amide bonds. The van der Waals surface area contributed by atoms with E-state index in [0.717, 1.165) is 90.6 Å². The van der Waals surface area contributed by atoms with Crippen molar-refractivity contribution in [2.75, 3.05) is 60.6 Å². The van der Waals surface area contributed by atoms with Crippen LogP contribution in [0.15, 0.2) is 0 Å². The zero-order valence-electron chi connectivity index (χ0n) is 93.7. The molecular formula is C114H213KN6O23. The number of β-amino-alcohol motifs (C(OH)–C–C–N with tert-alkyl or cyclic N) is 4. The second kappa shape index (κ2) is 90.2. The molecule has 7 aliphatic heterocycles. The van der Waals surface area contributed by atoms with Crippen molar-refractivity contribution in [1.29, 1.82) is 0 Å². The fourth-order valence-electron chi connectivity index (χ4n) is 20.7. The molecule has 29 nitrogen and oxygen atoms in total. The van der Waals surface area contributed by atoms with Gasteiger partial charge in [-0.25, -0.2) is 19.2 Å². The largest absolute Gasteiger partial charge is 1.00 e. The first kappa shape index (κ1) is 142.